The molecule has 0 atom stereocenters. The van der Waals surface area contributed by atoms with Gasteiger partial charge in [0.25, 0.3) is 0 Å². The number of rotatable bonds is 7. The lowest BCUT2D eigenvalue weighted by atomic mass is 10.1. The molecule has 6 nitrogen and oxygen atoms in total. The van der Waals surface area contributed by atoms with E-state index in [0.717, 1.165) is 19.6 Å². The smallest absolute Gasteiger partial charge is 0.315 e. The van der Waals surface area contributed by atoms with Crippen LogP contribution in [0.5, 0.6) is 11.6 Å². The number of urea groups is 1. The second kappa shape index (κ2) is 9.87. The number of aromatic nitrogens is 1. The Morgan fingerprint density at radius 2 is 2.00 bits per heavy atom. The minimum Gasteiger partial charge on any atom is -0.439 e. The lowest BCUT2D eigenvalue weighted by Gasteiger charge is -2.26. The number of likely N-dealkylation sites (tertiary alicyclic amines) is 1. The lowest BCUT2D eigenvalue weighted by Crippen LogP contribution is -2.41. The zero-order valence-electron chi connectivity index (χ0n) is 15.3. The van der Waals surface area contributed by atoms with E-state index in [1.54, 1.807) is 24.4 Å². The molecule has 0 spiro atoms. The van der Waals surface area contributed by atoms with Crippen LogP contribution in [0.2, 0.25) is 0 Å². The molecule has 1 aliphatic heterocycles. The van der Waals surface area contributed by atoms with Gasteiger partial charge in [0.1, 0.15) is 11.6 Å². The monoisotopic (exact) mass is 372 g/mol. The van der Waals surface area contributed by atoms with Gasteiger partial charge in [-0.3, -0.25) is 0 Å². The molecule has 1 aromatic heterocycles. The maximum atomic E-state index is 13.3. The summed E-state index contributed by atoms with van der Waals surface area (Å²) in [6.07, 6.45) is 5.37. The number of nitrogens with one attached hydrogen (secondary N) is 2. The number of hydrogen-bond acceptors (Lipinski definition) is 4. The van der Waals surface area contributed by atoms with Crippen molar-refractivity contribution in [1.82, 2.24) is 20.5 Å². The fourth-order valence-electron chi connectivity index (χ4n) is 3.04. The van der Waals surface area contributed by atoms with E-state index in [9.17, 15) is 9.18 Å². The van der Waals surface area contributed by atoms with Gasteiger partial charge in [-0.25, -0.2) is 14.2 Å². The summed E-state index contributed by atoms with van der Waals surface area (Å²) in [4.78, 5) is 18.6. The van der Waals surface area contributed by atoms with Crippen LogP contribution in [0.1, 0.15) is 24.8 Å². The molecule has 0 saturated carbocycles. The molecule has 2 aromatic rings. The van der Waals surface area contributed by atoms with Crippen molar-refractivity contribution in [2.24, 2.45) is 0 Å². The van der Waals surface area contributed by atoms with E-state index in [2.05, 4.69) is 20.5 Å². The SMILES string of the molecule is O=C(NCCN1CCCCC1)NCc1cccnc1Oc1cccc(F)c1. The van der Waals surface area contributed by atoms with Crippen LogP contribution in [-0.2, 0) is 6.54 Å². The van der Waals surface area contributed by atoms with Crippen molar-refractivity contribution in [3.05, 3.63) is 54.0 Å². The highest BCUT2D eigenvalue weighted by molar-refractivity contribution is 5.73. The first-order valence-corrected chi connectivity index (χ1v) is 9.32. The number of hydrogen-bond donors (Lipinski definition) is 2. The van der Waals surface area contributed by atoms with Gasteiger partial charge in [0.2, 0.25) is 5.88 Å². The van der Waals surface area contributed by atoms with Gasteiger partial charge in [-0.1, -0.05) is 18.6 Å². The minimum atomic E-state index is -0.379. The Bertz CT molecular complexity index is 750. The van der Waals surface area contributed by atoms with E-state index >= 15 is 0 Å². The van der Waals surface area contributed by atoms with Crippen LogP contribution in [-0.4, -0.2) is 42.1 Å². The number of ether oxygens (including phenoxy) is 1. The first-order chi connectivity index (χ1) is 13.2. The van der Waals surface area contributed by atoms with E-state index in [4.69, 9.17) is 4.74 Å². The summed E-state index contributed by atoms with van der Waals surface area (Å²) in [5.74, 6) is 0.328. The van der Waals surface area contributed by atoms with Crippen LogP contribution < -0.4 is 15.4 Å². The molecular weight excluding hydrogens is 347 g/mol. The van der Waals surface area contributed by atoms with Crippen LogP contribution in [0, 0.1) is 5.82 Å². The van der Waals surface area contributed by atoms with Crippen LogP contribution in [0.15, 0.2) is 42.6 Å². The number of halogens is 1. The van der Waals surface area contributed by atoms with Gasteiger partial charge in [0.15, 0.2) is 0 Å². The van der Waals surface area contributed by atoms with Crippen LogP contribution in [0.3, 0.4) is 0 Å². The Morgan fingerprint density at radius 3 is 2.81 bits per heavy atom. The Kier molecular flexibility index (Phi) is 6.98. The van der Waals surface area contributed by atoms with E-state index in [0.29, 0.717) is 23.7 Å². The van der Waals surface area contributed by atoms with E-state index in [-0.39, 0.29) is 18.4 Å². The first kappa shape index (κ1) is 19.1. The average molecular weight is 372 g/mol. The number of benzene rings is 1. The third kappa shape index (κ3) is 6.21. The first-order valence-electron chi connectivity index (χ1n) is 9.32. The van der Waals surface area contributed by atoms with Crippen molar-refractivity contribution in [2.75, 3.05) is 26.2 Å². The minimum absolute atomic E-state index is 0.229. The number of pyridine rings is 1. The van der Waals surface area contributed by atoms with E-state index < -0.39 is 0 Å². The summed E-state index contributed by atoms with van der Waals surface area (Å²) in [7, 11) is 0. The van der Waals surface area contributed by atoms with Crippen molar-refractivity contribution >= 4 is 6.03 Å². The molecule has 1 aliphatic rings. The summed E-state index contributed by atoms with van der Waals surface area (Å²) in [6.45, 7) is 3.98. The highest BCUT2D eigenvalue weighted by Crippen LogP contribution is 2.23. The van der Waals surface area contributed by atoms with Crippen LogP contribution in [0.25, 0.3) is 0 Å². The summed E-state index contributed by atoms with van der Waals surface area (Å²) >= 11 is 0. The summed E-state index contributed by atoms with van der Waals surface area (Å²) in [6, 6.07) is 9.22. The third-order valence-corrected chi connectivity index (χ3v) is 4.46. The van der Waals surface area contributed by atoms with Gasteiger partial charge in [-0.2, -0.15) is 0 Å². The van der Waals surface area contributed by atoms with E-state index in [1.807, 2.05) is 6.07 Å². The number of carbonyl (C=O) groups is 1. The van der Waals surface area contributed by atoms with Crippen LogP contribution >= 0.6 is 0 Å². The molecule has 27 heavy (non-hydrogen) atoms. The Labute approximate surface area is 158 Å². The third-order valence-electron chi connectivity index (χ3n) is 4.46. The molecule has 7 heteroatoms. The maximum absolute atomic E-state index is 13.3. The predicted octanol–water partition coefficient (Wildman–Crippen LogP) is 3.30. The summed E-state index contributed by atoms with van der Waals surface area (Å²) < 4.78 is 19.0. The van der Waals surface area contributed by atoms with E-state index in [1.165, 1.54) is 31.4 Å². The topological polar surface area (TPSA) is 66.5 Å². The molecule has 1 saturated heterocycles. The second-order valence-electron chi connectivity index (χ2n) is 6.54. The standard InChI is InChI=1S/C20H25FN4O2/c21-17-7-4-8-18(14-17)27-19-16(6-5-9-22-19)15-24-20(26)23-10-13-25-11-2-1-3-12-25/h4-9,14H,1-3,10-13,15H2,(H2,23,24,26). The fourth-order valence-corrected chi connectivity index (χ4v) is 3.04. The van der Waals surface area contributed by atoms with Crippen molar-refractivity contribution in [3.8, 4) is 11.6 Å². The molecule has 0 bridgehead atoms. The second-order valence-corrected chi connectivity index (χ2v) is 6.54. The zero-order chi connectivity index (χ0) is 18.9. The van der Waals surface area contributed by atoms with Gasteiger partial charge in [-0.05, 0) is 44.1 Å². The summed E-state index contributed by atoms with van der Waals surface area (Å²) in [5.41, 5.74) is 0.716. The molecule has 0 aliphatic carbocycles. The van der Waals surface area contributed by atoms with Gasteiger partial charge in [-0.15, -0.1) is 0 Å². The Morgan fingerprint density at radius 1 is 1.15 bits per heavy atom. The molecule has 0 unspecified atom stereocenters. The van der Waals surface area contributed by atoms with Crippen molar-refractivity contribution in [1.29, 1.82) is 0 Å². The number of nitrogens with zero attached hydrogens (tertiary/aromatic N) is 2. The molecule has 144 valence electrons. The van der Waals surface area contributed by atoms with Crippen LogP contribution in [0.4, 0.5) is 9.18 Å². The maximum Gasteiger partial charge on any atom is 0.315 e. The Balaban J connectivity index is 1.46. The quantitative estimate of drug-likeness (QED) is 0.783. The largest absolute Gasteiger partial charge is 0.439 e. The lowest BCUT2D eigenvalue weighted by molar-refractivity contribution is 0.220. The van der Waals surface area contributed by atoms with Gasteiger partial charge < -0.3 is 20.3 Å². The molecule has 1 aromatic carbocycles. The number of amides is 2. The molecule has 2 amide bonds. The molecule has 2 heterocycles. The van der Waals surface area contributed by atoms with Crippen molar-refractivity contribution in [2.45, 2.75) is 25.8 Å². The zero-order valence-corrected chi connectivity index (χ0v) is 15.3. The van der Waals surface area contributed by atoms with Crippen molar-refractivity contribution < 1.29 is 13.9 Å². The Hall–Kier alpha value is -2.67. The molecule has 3 rings (SSSR count). The van der Waals surface area contributed by atoms with Gasteiger partial charge in [0.05, 0.1) is 0 Å². The predicted molar refractivity (Wildman–Crippen MR) is 101 cm³/mol. The van der Waals surface area contributed by atoms with Gasteiger partial charge in [0, 0.05) is 37.5 Å². The molecule has 0 radical (unpaired) electrons. The number of piperidine rings is 1. The normalized spacial score (nSPS) is 14.6. The highest BCUT2D eigenvalue weighted by atomic mass is 19.1. The molecule has 1 fully saturated rings. The van der Waals surface area contributed by atoms with Gasteiger partial charge >= 0.3 is 6.03 Å². The molecule has 2 N–H and O–H groups in total. The molecular formula is C20H25FN4O2. The fraction of sp³-hybridized carbons (Fsp3) is 0.400. The van der Waals surface area contributed by atoms with Crippen molar-refractivity contribution in [3.63, 3.8) is 0 Å². The highest BCUT2D eigenvalue weighted by Gasteiger charge is 2.11. The number of carbonyl (C=O) groups excluding carboxylic acids is 1. The summed E-state index contributed by atoms with van der Waals surface area (Å²) in [5, 5.41) is 5.69. The average Bonchev–Trinajstić information content (AvgIpc) is 2.68.